The van der Waals surface area contributed by atoms with Crippen LogP contribution in [0.2, 0.25) is 0 Å². The zero-order valence-corrected chi connectivity index (χ0v) is 10.1. The highest BCUT2D eigenvalue weighted by Gasteiger charge is 2.09. The van der Waals surface area contributed by atoms with Gasteiger partial charge in [-0.2, -0.15) is 0 Å². The highest BCUT2D eigenvalue weighted by atomic mass is 16.5. The van der Waals surface area contributed by atoms with E-state index < -0.39 is 5.91 Å². The number of hydrazine groups is 1. The molecule has 0 saturated heterocycles. The second-order valence-electron chi connectivity index (χ2n) is 3.83. The van der Waals surface area contributed by atoms with Gasteiger partial charge in [-0.15, -0.1) is 0 Å². The van der Waals surface area contributed by atoms with E-state index in [2.05, 4.69) is 0 Å². The lowest BCUT2D eigenvalue weighted by atomic mass is 10.2. The minimum absolute atomic E-state index is 0.102. The largest absolute Gasteiger partial charge is 0.485 e. The number of benzene rings is 1. The maximum atomic E-state index is 11.2. The Hall–Kier alpha value is -2.31. The van der Waals surface area contributed by atoms with Crippen molar-refractivity contribution in [3.8, 4) is 5.75 Å². The van der Waals surface area contributed by atoms with Gasteiger partial charge in [-0.3, -0.25) is 10.2 Å². The molecule has 4 N–H and O–H groups in total. The van der Waals surface area contributed by atoms with Crippen LogP contribution in [0, 0.1) is 0 Å². The van der Waals surface area contributed by atoms with Crippen molar-refractivity contribution in [3.05, 3.63) is 53.5 Å². The molecule has 0 aliphatic carbocycles. The Morgan fingerprint density at radius 2 is 2.21 bits per heavy atom. The van der Waals surface area contributed by atoms with Gasteiger partial charge < -0.3 is 14.3 Å². The topological polar surface area (TPSA) is 97.7 Å². The molecule has 0 spiro atoms. The van der Waals surface area contributed by atoms with Gasteiger partial charge in [0.15, 0.2) is 0 Å². The Labute approximate surface area is 109 Å². The van der Waals surface area contributed by atoms with Crippen molar-refractivity contribution >= 4 is 5.91 Å². The summed E-state index contributed by atoms with van der Waals surface area (Å²) in [6.45, 7) is 0.0595. The third-order valence-electron chi connectivity index (χ3n) is 2.56. The second kappa shape index (κ2) is 6.03. The van der Waals surface area contributed by atoms with Crippen molar-refractivity contribution in [1.82, 2.24) is 5.43 Å². The third kappa shape index (κ3) is 3.12. The van der Waals surface area contributed by atoms with Gasteiger partial charge in [-0.25, -0.2) is 5.84 Å². The maximum absolute atomic E-state index is 11.2. The minimum atomic E-state index is -0.425. The van der Waals surface area contributed by atoms with Crippen LogP contribution in [0.15, 0.2) is 41.0 Å². The zero-order valence-electron chi connectivity index (χ0n) is 10.1. The molecule has 2 aromatic rings. The summed E-state index contributed by atoms with van der Waals surface area (Å²) in [6.07, 6.45) is 1.30. The monoisotopic (exact) mass is 262 g/mol. The lowest BCUT2D eigenvalue weighted by Crippen LogP contribution is -2.29. The van der Waals surface area contributed by atoms with Crippen LogP contribution in [-0.2, 0) is 13.2 Å². The molecule has 0 bridgehead atoms. The van der Waals surface area contributed by atoms with E-state index >= 15 is 0 Å². The minimum Gasteiger partial charge on any atom is -0.485 e. The van der Waals surface area contributed by atoms with E-state index in [4.69, 9.17) is 20.1 Å². The van der Waals surface area contributed by atoms with E-state index in [-0.39, 0.29) is 13.2 Å². The summed E-state index contributed by atoms with van der Waals surface area (Å²) in [7, 11) is 0. The molecule has 1 aromatic carbocycles. The fraction of sp³-hybridized carbons (Fsp3) is 0.154. The maximum Gasteiger partial charge on any atom is 0.268 e. The number of aliphatic hydroxyl groups excluding tert-OH is 1. The molecule has 0 radical (unpaired) electrons. The first-order valence-corrected chi connectivity index (χ1v) is 5.64. The zero-order chi connectivity index (χ0) is 13.7. The van der Waals surface area contributed by atoms with Crippen LogP contribution in [0.1, 0.15) is 21.7 Å². The quantitative estimate of drug-likeness (QED) is 0.423. The standard InChI is InChI=1S/C13H14N2O4/c14-15-13(17)10-5-11(18-7-10)8-19-12-4-2-1-3-9(12)6-16/h1-5,7,16H,6,8,14H2,(H,15,17). The fourth-order valence-electron chi connectivity index (χ4n) is 1.58. The average Bonchev–Trinajstić information content (AvgIpc) is 2.93. The van der Waals surface area contributed by atoms with E-state index in [1.807, 2.05) is 17.6 Å². The summed E-state index contributed by atoms with van der Waals surface area (Å²) >= 11 is 0. The lowest BCUT2D eigenvalue weighted by molar-refractivity contribution is 0.0953. The Kier molecular flexibility index (Phi) is 4.17. The molecular formula is C13H14N2O4. The van der Waals surface area contributed by atoms with E-state index in [1.54, 1.807) is 18.2 Å². The first kappa shape index (κ1) is 13.1. The number of aliphatic hydroxyl groups is 1. The Morgan fingerprint density at radius 3 is 2.95 bits per heavy atom. The summed E-state index contributed by atoms with van der Waals surface area (Å²) in [5.41, 5.74) is 3.03. The van der Waals surface area contributed by atoms with E-state index in [9.17, 15) is 4.79 Å². The van der Waals surface area contributed by atoms with Crippen LogP contribution < -0.4 is 16.0 Å². The van der Waals surface area contributed by atoms with Gasteiger partial charge in [-0.05, 0) is 12.1 Å². The number of rotatable bonds is 5. The molecule has 1 amide bonds. The predicted octanol–water partition coefficient (Wildman–Crippen LogP) is 0.954. The highest BCUT2D eigenvalue weighted by molar-refractivity contribution is 5.93. The van der Waals surface area contributed by atoms with E-state index in [0.29, 0.717) is 22.6 Å². The van der Waals surface area contributed by atoms with Gasteiger partial charge in [0.1, 0.15) is 24.4 Å². The SMILES string of the molecule is NNC(=O)c1coc(COc2ccccc2CO)c1. The number of nitrogens with two attached hydrogens (primary N) is 1. The number of ether oxygens (including phenoxy) is 1. The lowest BCUT2D eigenvalue weighted by Gasteiger charge is -2.07. The summed E-state index contributed by atoms with van der Waals surface area (Å²) < 4.78 is 10.7. The van der Waals surface area contributed by atoms with Crippen molar-refractivity contribution in [2.45, 2.75) is 13.2 Å². The first-order valence-electron chi connectivity index (χ1n) is 5.64. The van der Waals surface area contributed by atoms with Gasteiger partial charge in [0.2, 0.25) is 0 Å². The predicted molar refractivity (Wildman–Crippen MR) is 67.1 cm³/mol. The van der Waals surface area contributed by atoms with Gasteiger partial charge in [0.25, 0.3) is 5.91 Å². The molecule has 6 heteroatoms. The number of hydrogen-bond acceptors (Lipinski definition) is 5. The van der Waals surface area contributed by atoms with Gasteiger partial charge in [0.05, 0.1) is 12.2 Å². The number of hydrogen-bond donors (Lipinski definition) is 3. The van der Waals surface area contributed by atoms with Crippen LogP contribution in [0.3, 0.4) is 0 Å². The number of carbonyl (C=O) groups excluding carboxylic acids is 1. The molecule has 0 atom stereocenters. The Balaban J connectivity index is 2.02. The van der Waals surface area contributed by atoms with Crippen LogP contribution in [0.5, 0.6) is 5.75 Å². The summed E-state index contributed by atoms with van der Waals surface area (Å²) in [6, 6.07) is 8.69. The summed E-state index contributed by atoms with van der Waals surface area (Å²) in [5.74, 6) is 5.66. The van der Waals surface area contributed by atoms with Crippen molar-refractivity contribution in [3.63, 3.8) is 0 Å². The number of amides is 1. The van der Waals surface area contributed by atoms with Crippen LogP contribution >= 0.6 is 0 Å². The van der Waals surface area contributed by atoms with Gasteiger partial charge >= 0.3 is 0 Å². The average molecular weight is 262 g/mol. The van der Waals surface area contributed by atoms with Crippen LogP contribution in [0.4, 0.5) is 0 Å². The van der Waals surface area contributed by atoms with E-state index in [1.165, 1.54) is 6.26 Å². The molecule has 100 valence electrons. The number of para-hydroxylation sites is 1. The molecular weight excluding hydrogens is 248 g/mol. The molecule has 0 unspecified atom stereocenters. The number of nitrogens with one attached hydrogen (secondary N) is 1. The molecule has 19 heavy (non-hydrogen) atoms. The summed E-state index contributed by atoms with van der Waals surface area (Å²) in [4.78, 5) is 11.2. The molecule has 6 nitrogen and oxygen atoms in total. The third-order valence-corrected chi connectivity index (χ3v) is 2.56. The fourth-order valence-corrected chi connectivity index (χ4v) is 1.58. The van der Waals surface area contributed by atoms with Crippen molar-refractivity contribution in [1.29, 1.82) is 0 Å². The normalized spacial score (nSPS) is 10.2. The Bertz CT molecular complexity index is 565. The van der Waals surface area contributed by atoms with Crippen molar-refractivity contribution < 1.29 is 19.1 Å². The molecule has 2 rings (SSSR count). The number of carbonyl (C=O) groups is 1. The smallest absolute Gasteiger partial charge is 0.268 e. The molecule has 0 fully saturated rings. The molecule has 1 aromatic heterocycles. The Morgan fingerprint density at radius 1 is 1.42 bits per heavy atom. The van der Waals surface area contributed by atoms with Gasteiger partial charge in [0, 0.05) is 5.56 Å². The molecule has 0 saturated carbocycles. The first-order chi connectivity index (χ1) is 9.24. The van der Waals surface area contributed by atoms with Gasteiger partial charge in [-0.1, -0.05) is 18.2 Å². The van der Waals surface area contributed by atoms with Crippen LogP contribution in [-0.4, -0.2) is 11.0 Å². The molecule has 0 aliphatic rings. The number of nitrogen functional groups attached to an aromatic ring is 1. The van der Waals surface area contributed by atoms with E-state index in [0.717, 1.165) is 0 Å². The summed E-state index contributed by atoms with van der Waals surface area (Å²) in [5, 5.41) is 9.15. The van der Waals surface area contributed by atoms with Crippen LogP contribution in [0.25, 0.3) is 0 Å². The molecule has 1 heterocycles. The van der Waals surface area contributed by atoms with Crippen molar-refractivity contribution in [2.24, 2.45) is 5.84 Å². The second-order valence-corrected chi connectivity index (χ2v) is 3.83. The number of furan rings is 1. The van der Waals surface area contributed by atoms with Crippen molar-refractivity contribution in [2.75, 3.05) is 0 Å². The molecule has 0 aliphatic heterocycles. The highest BCUT2D eigenvalue weighted by Crippen LogP contribution is 2.19.